The summed E-state index contributed by atoms with van der Waals surface area (Å²) in [7, 11) is 0. The maximum absolute atomic E-state index is 13.8. The van der Waals surface area contributed by atoms with Crippen molar-refractivity contribution in [1.29, 1.82) is 0 Å². The second-order valence-electron chi connectivity index (χ2n) is 5.68. The van der Waals surface area contributed by atoms with Crippen LogP contribution in [0.1, 0.15) is 33.3 Å². The van der Waals surface area contributed by atoms with E-state index in [2.05, 4.69) is 5.32 Å². The Kier molecular flexibility index (Phi) is 4.56. The van der Waals surface area contributed by atoms with Gasteiger partial charge in [0.15, 0.2) is 5.54 Å². The predicted octanol–water partition coefficient (Wildman–Crippen LogP) is 2.79. The van der Waals surface area contributed by atoms with Gasteiger partial charge in [-0.25, -0.2) is 18.4 Å². The van der Waals surface area contributed by atoms with Crippen molar-refractivity contribution in [3.05, 3.63) is 35.4 Å². The Morgan fingerprint density at radius 3 is 2.24 bits per heavy atom. The summed E-state index contributed by atoms with van der Waals surface area (Å²) < 4.78 is 32.0. The van der Waals surface area contributed by atoms with E-state index < -0.39 is 40.4 Å². The van der Waals surface area contributed by atoms with Gasteiger partial charge in [-0.3, -0.25) is 0 Å². The highest BCUT2D eigenvalue weighted by molar-refractivity contribution is 5.85. The number of hydrogen-bond acceptors (Lipinski definition) is 3. The molecule has 1 amide bonds. The molecule has 1 aromatic carbocycles. The van der Waals surface area contributed by atoms with Gasteiger partial charge in [0.25, 0.3) is 0 Å². The number of carbonyl (C=O) groups is 2. The third-order valence-corrected chi connectivity index (χ3v) is 2.65. The zero-order valence-corrected chi connectivity index (χ0v) is 12.2. The third-order valence-electron chi connectivity index (χ3n) is 2.65. The van der Waals surface area contributed by atoms with Crippen molar-refractivity contribution in [2.75, 3.05) is 0 Å². The van der Waals surface area contributed by atoms with Gasteiger partial charge in [0.2, 0.25) is 0 Å². The van der Waals surface area contributed by atoms with E-state index in [0.717, 1.165) is 25.1 Å². The average molecular weight is 301 g/mol. The van der Waals surface area contributed by atoms with Gasteiger partial charge < -0.3 is 15.2 Å². The molecule has 5 nitrogen and oxygen atoms in total. The maximum Gasteiger partial charge on any atom is 0.408 e. The van der Waals surface area contributed by atoms with E-state index in [0.29, 0.717) is 0 Å². The molecule has 0 bridgehead atoms. The van der Waals surface area contributed by atoms with Crippen LogP contribution in [0.2, 0.25) is 0 Å². The number of rotatable bonds is 3. The van der Waals surface area contributed by atoms with E-state index >= 15 is 0 Å². The van der Waals surface area contributed by atoms with E-state index in [-0.39, 0.29) is 0 Å². The smallest absolute Gasteiger partial charge is 0.408 e. The number of carbonyl (C=O) groups excluding carboxylic acids is 1. The van der Waals surface area contributed by atoms with Gasteiger partial charge in [-0.15, -0.1) is 0 Å². The lowest BCUT2D eigenvalue weighted by molar-refractivity contribution is -0.144. The van der Waals surface area contributed by atoms with Gasteiger partial charge in [0.05, 0.1) is 0 Å². The standard InChI is InChI=1S/C14H17F2NO4/c1-13(2,3)21-12(20)17-14(4,11(18)19)9-7-8(15)5-6-10(9)16/h5-7H,1-4H3,(H,17,20)(H,18,19). The molecule has 0 heterocycles. The Morgan fingerprint density at radius 1 is 1.19 bits per heavy atom. The molecule has 0 aromatic heterocycles. The zero-order chi connectivity index (χ0) is 16.4. The van der Waals surface area contributed by atoms with Crippen LogP contribution in [0.4, 0.5) is 13.6 Å². The summed E-state index contributed by atoms with van der Waals surface area (Å²) >= 11 is 0. The summed E-state index contributed by atoms with van der Waals surface area (Å²) in [6.07, 6.45) is -1.05. The van der Waals surface area contributed by atoms with E-state index in [4.69, 9.17) is 4.74 Å². The van der Waals surface area contributed by atoms with E-state index in [9.17, 15) is 23.5 Å². The van der Waals surface area contributed by atoms with Crippen molar-refractivity contribution in [1.82, 2.24) is 5.32 Å². The highest BCUT2D eigenvalue weighted by Gasteiger charge is 2.40. The fourth-order valence-corrected chi connectivity index (χ4v) is 1.62. The first kappa shape index (κ1) is 16.9. The van der Waals surface area contributed by atoms with Crippen LogP contribution in [0.3, 0.4) is 0 Å². The third kappa shape index (κ3) is 4.14. The van der Waals surface area contributed by atoms with Crippen molar-refractivity contribution >= 4 is 12.1 Å². The second-order valence-corrected chi connectivity index (χ2v) is 5.68. The number of hydrogen-bond donors (Lipinski definition) is 2. The fourth-order valence-electron chi connectivity index (χ4n) is 1.62. The van der Waals surface area contributed by atoms with E-state index in [1.54, 1.807) is 20.8 Å². The molecule has 1 aromatic rings. The molecular weight excluding hydrogens is 284 g/mol. The van der Waals surface area contributed by atoms with Gasteiger partial charge in [0.1, 0.15) is 17.2 Å². The number of ether oxygens (including phenoxy) is 1. The molecule has 0 saturated heterocycles. The SMILES string of the molecule is CC(C)(C)OC(=O)NC(C)(C(=O)O)c1cc(F)ccc1F. The molecule has 0 fully saturated rings. The molecule has 2 N–H and O–H groups in total. The van der Waals surface area contributed by atoms with Crippen molar-refractivity contribution in [2.24, 2.45) is 0 Å². The monoisotopic (exact) mass is 301 g/mol. The fraction of sp³-hybridized carbons (Fsp3) is 0.429. The molecule has 21 heavy (non-hydrogen) atoms. The van der Waals surface area contributed by atoms with Gasteiger partial charge >= 0.3 is 12.1 Å². The molecule has 1 rings (SSSR count). The van der Waals surface area contributed by atoms with Crippen molar-refractivity contribution < 1.29 is 28.2 Å². The lowest BCUT2D eigenvalue weighted by Gasteiger charge is -2.29. The number of alkyl carbamates (subject to hydrolysis) is 1. The normalized spacial score (nSPS) is 14.2. The molecule has 116 valence electrons. The van der Waals surface area contributed by atoms with Gasteiger partial charge in [-0.2, -0.15) is 0 Å². The molecule has 1 atom stereocenters. The largest absolute Gasteiger partial charge is 0.479 e. The first-order chi connectivity index (χ1) is 9.45. The van der Waals surface area contributed by atoms with Crippen molar-refractivity contribution in [3.63, 3.8) is 0 Å². The molecule has 1 unspecified atom stereocenters. The summed E-state index contributed by atoms with van der Waals surface area (Å²) in [5, 5.41) is 11.4. The lowest BCUT2D eigenvalue weighted by Crippen LogP contribution is -2.51. The molecule has 0 aliphatic rings. The second kappa shape index (κ2) is 5.67. The molecule has 0 aliphatic carbocycles. The highest BCUT2D eigenvalue weighted by atomic mass is 19.1. The molecular formula is C14H17F2NO4. The molecule has 0 spiro atoms. The summed E-state index contributed by atoms with van der Waals surface area (Å²) in [5.74, 6) is -3.31. The Bertz CT molecular complexity index is 569. The Morgan fingerprint density at radius 2 is 1.76 bits per heavy atom. The van der Waals surface area contributed by atoms with Gasteiger partial charge in [-0.05, 0) is 45.9 Å². The number of amides is 1. The van der Waals surface area contributed by atoms with E-state index in [1.807, 2.05) is 0 Å². The predicted molar refractivity (Wildman–Crippen MR) is 70.7 cm³/mol. The summed E-state index contributed by atoms with van der Waals surface area (Å²) in [6, 6.07) is 2.37. The number of carboxylic acids is 1. The Labute approximate surface area is 120 Å². The summed E-state index contributed by atoms with van der Waals surface area (Å²) in [5.41, 5.74) is -3.51. The van der Waals surface area contributed by atoms with Gasteiger partial charge in [-0.1, -0.05) is 0 Å². The van der Waals surface area contributed by atoms with Crippen LogP contribution in [-0.2, 0) is 15.1 Å². The number of nitrogens with one attached hydrogen (secondary N) is 1. The van der Waals surface area contributed by atoms with Crippen molar-refractivity contribution in [3.8, 4) is 0 Å². The van der Waals surface area contributed by atoms with Crippen molar-refractivity contribution in [2.45, 2.75) is 38.8 Å². The van der Waals surface area contributed by atoms with Crippen LogP contribution in [0, 0.1) is 11.6 Å². The minimum absolute atomic E-state index is 0.499. The molecule has 0 saturated carbocycles. The number of carboxylic acid groups (broad SMARTS) is 1. The van der Waals surface area contributed by atoms with Crippen LogP contribution < -0.4 is 5.32 Å². The topological polar surface area (TPSA) is 75.6 Å². The Hall–Kier alpha value is -2.18. The number of aliphatic carboxylic acids is 1. The zero-order valence-electron chi connectivity index (χ0n) is 12.2. The minimum atomic E-state index is -2.16. The Balaban J connectivity index is 3.18. The highest BCUT2D eigenvalue weighted by Crippen LogP contribution is 2.25. The lowest BCUT2D eigenvalue weighted by atomic mass is 9.91. The molecule has 0 aliphatic heterocycles. The number of halogens is 2. The first-order valence-electron chi connectivity index (χ1n) is 6.16. The molecule has 0 radical (unpaired) electrons. The molecule has 7 heteroatoms. The minimum Gasteiger partial charge on any atom is -0.479 e. The van der Waals surface area contributed by atoms with Crippen LogP contribution in [0.15, 0.2) is 18.2 Å². The van der Waals surface area contributed by atoms with Crippen LogP contribution in [0.25, 0.3) is 0 Å². The summed E-state index contributed by atoms with van der Waals surface area (Å²) in [6.45, 7) is 5.82. The quantitative estimate of drug-likeness (QED) is 0.900. The van der Waals surface area contributed by atoms with E-state index in [1.165, 1.54) is 0 Å². The van der Waals surface area contributed by atoms with Gasteiger partial charge in [0, 0.05) is 5.56 Å². The average Bonchev–Trinajstić information content (AvgIpc) is 2.29. The van der Waals surface area contributed by atoms with Crippen LogP contribution in [0.5, 0.6) is 0 Å². The summed E-state index contributed by atoms with van der Waals surface area (Å²) in [4.78, 5) is 23.2. The number of benzene rings is 1. The van der Waals surface area contributed by atoms with Crippen LogP contribution in [-0.4, -0.2) is 22.8 Å². The van der Waals surface area contributed by atoms with Crippen LogP contribution >= 0.6 is 0 Å². The maximum atomic E-state index is 13.8. The first-order valence-corrected chi connectivity index (χ1v) is 6.16.